The first-order chi connectivity index (χ1) is 18.7. The van der Waals surface area contributed by atoms with E-state index in [1.165, 1.54) is 40.3 Å². The van der Waals surface area contributed by atoms with Crippen LogP contribution >= 0.6 is 11.3 Å². The van der Waals surface area contributed by atoms with Crippen LogP contribution in [0.5, 0.6) is 0 Å². The van der Waals surface area contributed by atoms with Gasteiger partial charge in [-0.3, -0.25) is 23.5 Å². The summed E-state index contributed by atoms with van der Waals surface area (Å²) in [7, 11) is 1.47. The largest absolute Gasteiger partial charge is 0.355 e. The molecule has 6 rings (SSSR count). The lowest BCUT2D eigenvalue weighted by Crippen LogP contribution is -2.41. The van der Waals surface area contributed by atoms with Gasteiger partial charge in [-0.05, 0) is 25.2 Å². The highest BCUT2D eigenvalue weighted by Crippen LogP contribution is 2.45. The molecule has 0 bridgehead atoms. The van der Waals surface area contributed by atoms with Crippen molar-refractivity contribution in [1.29, 1.82) is 0 Å². The monoisotopic (exact) mass is 549 g/mol. The van der Waals surface area contributed by atoms with E-state index in [0.29, 0.717) is 16.5 Å². The Kier molecular flexibility index (Phi) is 6.13. The normalized spacial score (nSPS) is 18.8. The van der Waals surface area contributed by atoms with Gasteiger partial charge in [-0.25, -0.2) is 24.7 Å². The van der Waals surface area contributed by atoms with Crippen molar-refractivity contribution in [2.24, 2.45) is 18.9 Å². The lowest BCUT2D eigenvalue weighted by atomic mass is 10.3. The zero-order chi connectivity index (χ0) is 27.4. The highest BCUT2D eigenvalue weighted by Gasteiger charge is 2.45. The maximum absolute atomic E-state index is 13.2. The number of imidazole rings is 1. The number of hydrogen-bond donors (Lipinski definition) is 1. The molecule has 1 saturated heterocycles. The minimum absolute atomic E-state index is 0.0632. The first-order valence-corrected chi connectivity index (χ1v) is 13.6. The average molecular weight is 550 g/mol. The van der Waals surface area contributed by atoms with Gasteiger partial charge in [-0.1, -0.05) is 6.92 Å². The maximum atomic E-state index is 13.2. The number of carbonyl (C=O) groups is 2. The Morgan fingerprint density at radius 3 is 2.62 bits per heavy atom. The van der Waals surface area contributed by atoms with E-state index in [0.717, 1.165) is 35.3 Å². The summed E-state index contributed by atoms with van der Waals surface area (Å²) in [5.74, 6) is 2.14. The number of piperidine rings is 1. The molecule has 3 unspecified atom stereocenters. The summed E-state index contributed by atoms with van der Waals surface area (Å²) >= 11 is 1.33. The number of rotatable bonds is 8. The molecular formula is C25H27N9O4S. The second-order valence-electron chi connectivity index (χ2n) is 10.1. The summed E-state index contributed by atoms with van der Waals surface area (Å²) in [5.41, 5.74) is -0.497. The Morgan fingerprint density at radius 1 is 1.15 bits per heavy atom. The van der Waals surface area contributed by atoms with Crippen molar-refractivity contribution in [1.82, 2.24) is 33.6 Å². The molecule has 1 saturated carbocycles. The number of thiazole rings is 1. The van der Waals surface area contributed by atoms with E-state index in [-0.39, 0.29) is 29.9 Å². The van der Waals surface area contributed by atoms with Crippen LogP contribution in [0.25, 0.3) is 21.9 Å². The second-order valence-corrected chi connectivity index (χ2v) is 10.9. The minimum atomic E-state index is -0.855. The Bertz CT molecular complexity index is 1710. The molecule has 1 amide bonds. The third-order valence-corrected chi connectivity index (χ3v) is 8.36. The van der Waals surface area contributed by atoms with Crippen molar-refractivity contribution in [3.63, 3.8) is 0 Å². The van der Waals surface area contributed by atoms with Crippen LogP contribution in [0.1, 0.15) is 32.7 Å². The van der Waals surface area contributed by atoms with Gasteiger partial charge in [0.25, 0.3) is 5.56 Å². The van der Waals surface area contributed by atoms with Gasteiger partial charge < -0.3 is 14.8 Å². The van der Waals surface area contributed by atoms with Crippen LogP contribution in [-0.2, 0) is 23.2 Å². The molecule has 0 radical (unpaired) electrons. The predicted molar refractivity (Wildman–Crippen MR) is 145 cm³/mol. The molecule has 0 spiro atoms. The predicted octanol–water partition coefficient (Wildman–Crippen LogP) is 1.45. The second kappa shape index (κ2) is 9.52. The summed E-state index contributed by atoms with van der Waals surface area (Å²) in [5, 5.41) is 5.11. The first-order valence-electron chi connectivity index (χ1n) is 12.8. The van der Waals surface area contributed by atoms with E-state index >= 15 is 0 Å². The van der Waals surface area contributed by atoms with Gasteiger partial charge in [0.1, 0.15) is 28.4 Å². The topological polar surface area (TPSA) is 150 Å². The molecule has 39 heavy (non-hydrogen) atoms. The molecule has 1 aliphatic carbocycles. The fourth-order valence-electron chi connectivity index (χ4n) is 5.00. The summed E-state index contributed by atoms with van der Waals surface area (Å²) in [4.78, 5) is 71.0. The van der Waals surface area contributed by atoms with E-state index in [9.17, 15) is 19.2 Å². The number of amides is 1. The fourth-order valence-corrected chi connectivity index (χ4v) is 5.71. The van der Waals surface area contributed by atoms with Gasteiger partial charge in [-0.2, -0.15) is 0 Å². The zero-order valence-corrected chi connectivity index (χ0v) is 22.5. The Morgan fingerprint density at radius 2 is 1.92 bits per heavy atom. The highest BCUT2D eigenvalue weighted by atomic mass is 32.1. The molecule has 0 aromatic carbocycles. The third-order valence-electron chi connectivity index (χ3n) is 7.50. The van der Waals surface area contributed by atoms with Crippen molar-refractivity contribution in [3.05, 3.63) is 44.9 Å². The van der Waals surface area contributed by atoms with Crippen molar-refractivity contribution in [2.75, 3.05) is 23.3 Å². The van der Waals surface area contributed by atoms with Gasteiger partial charge in [-0.15, -0.1) is 11.3 Å². The van der Waals surface area contributed by atoms with Gasteiger partial charge in [0, 0.05) is 31.9 Å². The van der Waals surface area contributed by atoms with Crippen LogP contribution in [-0.4, -0.2) is 58.4 Å². The fraction of sp³-hybridized carbons (Fsp3) is 0.440. The SMILES string of the molecule is CCC(=O)Cn1c(=O)c2c(ncn2C(C)C(=O)Nc2csc(-c3cnc(N4CC5CC5C4)cn3)n2)n(C)c1=O. The number of hydrogen-bond acceptors (Lipinski definition) is 10. The number of Topliss-reactive ketones (excluding diaryl/α,β-unsaturated/α-hetero) is 1. The molecule has 2 fully saturated rings. The lowest BCUT2D eigenvalue weighted by molar-refractivity contribution is -0.120. The standard InChI is InChI=1S/C25H27N9O4S/c1-4-16(35)10-33-24(37)20-21(31(3)25(33)38)28-12-34(20)13(2)22(36)29-18-11-39-23(30-18)17-6-27-19(7-26-17)32-8-14-5-15(14)9-32/h6-7,11-15H,4-5,8-10H2,1-3H3,(H,29,36). The van der Waals surface area contributed by atoms with Crippen LogP contribution in [0.4, 0.5) is 11.6 Å². The molecule has 1 aliphatic heterocycles. The van der Waals surface area contributed by atoms with E-state index in [2.05, 4.69) is 30.2 Å². The maximum Gasteiger partial charge on any atom is 0.332 e. The van der Waals surface area contributed by atoms with Crippen molar-refractivity contribution in [2.45, 2.75) is 39.3 Å². The first kappa shape index (κ1) is 25.1. The molecule has 4 aromatic rings. The Labute approximate surface area is 226 Å². The lowest BCUT2D eigenvalue weighted by Gasteiger charge is -2.18. The average Bonchev–Trinajstić information content (AvgIpc) is 3.32. The molecule has 4 aromatic heterocycles. The van der Waals surface area contributed by atoms with Crippen LogP contribution < -0.4 is 21.5 Å². The summed E-state index contributed by atoms with van der Waals surface area (Å²) < 4.78 is 3.48. The van der Waals surface area contributed by atoms with Gasteiger partial charge in [0.05, 0.1) is 25.3 Å². The number of ketones is 1. The Balaban J connectivity index is 1.20. The van der Waals surface area contributed by atoms with E-state index in [4.69, 9.17) is 0 Å². The van der Waals surface area contributed by atoms with Crippen molar-refractivity contribution >= 4 is 45.8 Å². The van der Waals surface area contributed by atoms with Crippen LogP contribution in [0.15, 0.2) is 33.7 Å². The van der Waals surface area contributed by atoms with Crippen molar-refractivity contribution < 1.29 is 9.59 Å². The zero-order valence-electron chi connectivity index (χ0n) is 21.7. The number of carbonyl (C=O) groups excluding carboxylic acids is 2. The van der Waals surface area contributed by atoms with E-state index < -0.39 is 23.2 Å². The van der Waals surface area contributed by atoms with Crippen molar-refractivity contribution in [3.8, 4) is 10.7 Å². The minimum Gasteiger partial charge on any atom is -0.355 e. The molecule has 14 heteroatoms. The number of anilines is 2. The third kappa shape index (κ3) is 4.43. The summed E-state index contributed by atoms with van der Waals surface area (Å²) in [6, 6.07) is -0.855. The molecule has 5 heterocycles. The number of fused-ring (bicyclic) bond motifs is 2. The summed E-state index contributed by atoms with van der Waals surface area (Å²) in [6.45, 7) is 5.01. The number of aryl methyl sites for hydroxylation is 1. The number of aromatic nitrogens is 7. The van der Waals surface area contributed by atoms with Crippen LogP contribution in [0, 0.1) is 11.8 Å². The molecule has 202 valence electrons. The van der Waals surface area contributed by atoms with E-state index in [1.807, 2.05) is 0 Å². The Hall–Kier alpha value is -4.20. The summed E-state index contributed by atoms with van der Waals surface area (Å²) in [6.07, 6.45) is 6.32. The highest BCUT2D eigenvalue weighted by molar-refractivity contribution is 7.13. The number of nitrogens with zero attached hydrogens (tertiary/aromatic N) is 8. The van der Waals surface area contributed by atoms with Gasteiger partial charge in [0.15, 0.2) is 16.9 Å². The number of nitrogens with one attached hydrogen (secondary N) is 1. The van der Waals surface area contributed by atoms with Crippen LogP contribution in [0.2, 0.25) is 0 Å². The smallest absolute Gasteiger partial charge is 0.332 e. The molecule has 2 aliphatic rings. The van der Waals surface area contributed by atoms with Gasteiger partial charge >= 0.3 is 5.69 Å². The molecular weight excluding hydrogens is 522 g/mol. The molecule has 3 atom stereocenters. The molecule has 1 N–H and O–H groups in total. The van der Waals surface area contributed by atoms with Gasteiger partial charge in [0.2, 0.25) is 5.91 Å². The van der Waals surface area contributed by atoms with Crippen LogP contribution in [0.3, 0.4) is 0 Å². The quantitative estimate of drug-likeness (QED) is 0.344. The molecule has 13 nitrogen and oxygen atoms in total. The van der Waals surface area contributed by atoms with E-state index in [1.54, 1.807) is 31.6 Å².